The van der Waals surface area contributed by atoms with E-state index >= 15 is 0 Å². The molecule has 0 N–H and O–H groups in total. The van der Waals surface area contributed by atoms with Crippen LogP contribution < -0.4 is 0 Å². The Morgan fingerprint density at radius 2 is 1.15 bits per heavy atom. The molecule has 0 radical (unpaired) electrons. The third-order valence-corrected chi connectivity index (χ3v) is 8.35. The fraction of sp³-hybridized carbons (Fsp3) is 0. The van der Waals surface area contributed by atoms with Crippen LogP contribution in [0.4, 0.5) is 0 Å². The van der Waals surface area contributed by atoms with Crippen molar-refractivity contribution < 1.29 is 4.42 Å². The summed E-state index contributed by atoms with van der Waals surface area (Å²) in [5, 5.41) is 6.03. The van der Waals surface area contributed by atoms with E-state index in [9.17, 15) is 0 Å². The van der Waals surface area contributed by atoms with Gasteiger partial charge in [0, 0.05) is 44.5 Å². The predicted molar refractivity (Wildman–Crippen MR) is 170 cm³/mol. The summed E-state index contributed by atoms with van der Waals surface area (Å²) in [6.07, 6.45) is 2.16. The van der Waals surface area contributed by atoms with Gasteiger partial charge >= 0.3 is 0 Å². The van der Waals surface area contributed by atoms with E-state index in [0.29, 0.717) is 0 Å². The van der Waals surface area contributed by atoms with E-state index in [4.69, 9.17) is 4.42 Å². The van der Waals surface area contributed by atoms with Crippen molar-refractivity contribution >= 4 is 54.6 Å². The first kappa shape index (κ1) is 22.3. The molecular weight excluding hydrogens is 500 g/mol. The lowest BCUT2D eigenvalue weighted by Gasteiger charge is -2.10. The molecular formula is C38H24N2O. The summed E-state index contributed by atoms with van der Waals surface area (Å²) < 4.78 is 10.7. The summed E-state index contributed by atoms with van der Waals surface area (Å²) in [4.78, 5) is 0. The Balaban J connectivity index is 1.18. The SMILES string of the molecule is c1ccc(-n2c3ccccc3c3ccc(-c4ccc5c(ccn5-c5ccc6oc7ccccc7c6c5)c4)cc32)cc1. The third kappa shape index (κ3) is 3.33. The number of aromatic nitrogens is 2. The monoisotopic (exact) mass is 524 g/mol. The summed E-state index contributed by atoms with van der Waals surface area (Å²) in [5.41, 5.74) is 10.2. The Kier molecular flexibility index (Phi) is 4.61. The maximum atomic E-state index is 6.05. The number of hydrogen-bond acceptors (Lipinski definition) is 1. The van der Waals surface area contributed by atoms with Crippen LogP contribution in [-0.4, -0.2) is 9.13 Å². The number of benzene rings is 6. The smallest absolute Gasteiger partial charge is 0.135 e. The van der Waals surface area contributed by atoms with E-state index in [0.717, 1.165) is 27.6 Å². The molecule has 0 unspecified atom stereocenters. The van der Waals surface area contributed by atoms with Gasteiger partial charge in [0.1, 0.15) is 11.2 Å². The Hall–Kier alpha value is -5.54. The molecule has 3 heteroatoms. The van der Waals surface area contributed by atoms with E-state index in [1.807, 2.05) is 12.1 Å². The molecule has 9 aromatic rings. The van der Waals surface area contributed by atoms with E-state index < -0.39 is 0 Å². The number of furan rings is 1. The molecule has 0 atom stereocenters. The fourth-order valence-electron chi connectivity index (χ4n) is 6.42. The number of hydrogen-bond donors (Lipinski definition) is 0. The molecule has 6 aromatic carbocycles. The standard InChI is InChI=1S/C38H24N2O/c1-2-8-28(9-3-1)40-35-12-6-4-10-30(35)31-17-14-26(23-36(31)40)25-15-18-34-27(22-25)20-21-39(34)29-16-19-38-33(24-29)32-11-5-7-13-37(32)41-38/h1-24H. The summed E-state index contributed by atoms with van der Waals surface area (Å²) >= 11 is 0. The molecule has 0 amide bonds. The highest BCUT2D eigenvalue weighted by atomic mass is 16.3. The van der Waals surface area contributed by atoms with Gasteiger partial charge in [0.15, 0.2) is 0 Å². The third-order valence-electron chi connectivity index (χ3n) is 8.35. The molecule has 0 aliphatic rings. The molecule has 3 aromatic heterocycles. The van der Waals surface area contributed by atoms with Crippen molar-refractivity contribution in [3.8, 4) is 22.5 Å². The van der Waals surface area contributed by atoms with E-state index in [-0.39, 0.29) is 0 Å². The molecule has 0 saturated heterocycles. The van der Waals surface area contributed by atoms with Gasteiger partial charge in [-0.1, -0.05) is 72.8 Å². The van der Waals surface area contributed by atoms with Gasteiger partial charge in [-0.15, -0.1) is 0 Å². The number of para-hydroxylation sites is 3. The van der Waals surface area contributed by atoms with E-state index in [2.05, 4.69) is 143 Å². The molecule has 0 bridgehead atoms. The second kappa shape index (κ2) is 8.48. The van der Waals surface area contributed by atoms with Crippen molar-refractivity contribution in [1.82, 2.24) is 9.13 Å². The first-order chi connectivity index (χ1) is 20.3. The second-order valence-corrected chi connectivity index (χ2v) is 10.7. The minimum Gasteiger partial charge on any atom is -0.456 e. The van der Waals surface area contributed by atoms with Crippen molar-refractivity contribution in [2.45, 2.75) is 0 Å². The average molecular weight is 525 g/mol. The Bertz CT molecular complexity index is 2420. The van der Waals surface area contributed by atoms with E-state index in [1.165, 1.54) is 49.5 Å². The first-order valence-electron chi connectivity index (χ1n) is 13.9. The van der Waals surface area contributed by atoms with Crippen molar-refractivity contribution in [3.05, 3.63) is 146 Å². The van der Waals surface area contributed by atoms with Crippen LogP contribution in [0.5, 0.6) is 0 Å². The normalized spacial score (nSPS) is 11.9. The van der Waals surface area contributed by atoms with Crippen LogP contribution in [0.15, 0.2) is 150 Å². The van der Waals surface area contributed by atoms with Crippen LogP contribution in [0.2, 0.25) is 0 Å². The summed E-state index contributed by atoms with van der Waals surface area (Å²) in [6.45, 7) is 0. The van der Waals surface area contributed by atoms with E-state index in [1.54, 1.807) is 0 Å². The minimum absolute atomic E-state index is 0.914. The summed E-state index contributed by atoms with van der Waals surface area (Å²) in [5.74, 6) is 0. The van der Waals surface area contributed by atoms with Crippen molar-refractivity contribution in [2.24, 2.45) is 0 Å². The highest BCUT2D eigenvalue weighted by molar-refractivity contribution is 6.10. The molecule has 3 nitrogen and oxygen atoms in total. The molecule has 0 aliphatic heterocycles. The van der Waals surface area contributed by atoms with Crippen LogP contribution >= 0.6 is 0 Å². The van der Waals surface area contributed by atoms with Crippen molar-refractivity contribution in [2.75, 3.05) is 0 Å². The number of rotatable bonds is 3. The van der Waals surface area contributed by atoms with Crippen molar-refractivity contribution in [3.63, 3.8) is 0 Å². The molecule has 192 valence electrons. The molecule has 0 spiro atoms. The molecule has 0 saturated carbocycles. The fourth-order valence-corrected chi connectivity index (χ4v) is 6.42. The Labute approximate surface area is 236 Å². The molecule has 3 heterocycles. The van der Waals surface area contributed by atoms with Crippen LogP contribution in [0.3, 0.4) is 0 Å². The number of fused-ring (bicyclic) bond motifs is 7. The van der Waals surface area contributed by atoms with Gasteiger partial charge in [0.05, 0.1) is 16.6 Å². The topological polar surface area (TPSA) is 23.0 Å². The lowest BCUT2D eigenvalue weighted by atomic mass is 10.0. The molecule has 41 heavy (non-hydrogen) atoms. The summed E-state index contributed by atoms with van der Waals surface area (Å²) in [7, 11) is 0. The molecule has 0 fully saturated rings. The van der Waals surface area contributed by atoms with Gasteiger partial charge < -0.3 is 13.6 Å². The molecule has 0 aliphatic carbocycles. The van der Waals surface area contributed by atoms with Gasteiger partial charge in [-0.3, -0.25) is 0 Å². The zero-order valence-corrected chi connectivity index (χ0v) is 22.2. The minimum atomic E-state index is 0.914. The lowest BCUT2D eigenvalue weighted by molar-refractivity contribution is 0.669. The highest BCUT2D eigenvalue weighted by Crippen LogP contribution is 2.36. The quantitative estimate of drug-likeness (QED) is 0.225. The second-order valence-electron chi connectivity index (χ2n) is 10.7. The Morgan fingerprint density at radius 1 is 0.415 bits per heavy atom. The maximum absolute atomic E-state index is 6.05. The van der Waals surface area contributed by atoms with Gasteiger partial charge in [0.25, 0.3) is 0 Å². The highest BCUT2D eigenvalue weighted by Gasteiger charge is 2.14. The van der Waals surface area contributed by atoms with Gasteiger partial charge in [-0.2, -0.15) is 0 Å². The summed E-state index contributed by atoms with van der Waals surface area (Å²) in [6, 6.07) is 49.8. The van der Waals surface area contributed by atoms with Crippen molar-refractivity contribution in [1.29, 1.82) is 0 Å². The first-order valence-corrected chi connectivity index (χ1v) is 13.9. The van der Waals surface area contributed by atoms with Crippen LogP contribution in [-0.2, 0) is 0 Å². The van der Waals surface area contributed by atoms with Gasteiger partial charge in [-0.25, -0.2) is 0 Å². The number of nitrogens with zero attached hydrogens (tertiary/aromatic N) is 2. The van der Waals surface area contributed by atoms with Gasteiger partial charge in [-0.05, 0) is 77.9 Å². The van der Waals surface area contributed by atoms with Crippen LogP contribution in [0, 0.1) is 0 Å². The average Bonchev–Trinajstić information content (AvgIpc) is 3.72. The Morgan fingerprint density at radius 3 is 2.07 bits per heavy atom. The van der Waals surface area contributed by atoms with Crippen LogP contribution in [0.1, 0.15) is 0 Å². The zero-order valence-electron chi connectivity index (χ0n) is 22.2. The maximum Gasteiger partial charge on any atom is 0.135 e. The predicted octanol–water partition coefficient (Wildman–Crippen LogP) is 10.3. The zero-order chi connectivity index (χ0) is 26.9. The van der Waals surface area contributed by atoms with Gasteiger partial charge in [0.2, 0.25) is 0 Å². The lowest BCUT2D eigenvalue weighted by Crippen LogP contribution is -1.93. The molecule has 9 rings (SSSR count). The largest absolute Gasteiger partial charge is 0.456 e. The van der Waals surface area contributed by atoms with Crippen LogP contribution in [0.25, 0.3) is 77.1 Å².